The molecule has 2 N–H and O–H groups in total. The summed E-state index contributed by atoms with van der Waals surface area (Å²) in [6, 6.07) is 7.83. The van der Waals surface area contributed by atoms with Gasteiger partial charge in [0, 0.05) is 19.0 Å². The van der Waals surface area contributed by atoms with Crippen molar-refractivity contribution in [3.8, 4) is 5.75 Å². The molecule has 1 unspecified atom stereocenters. The molecule has 3 rings (SSSR count). The minimum absolute atomic E-state index is 0.123. The van der Waals surface area contributed by atoms with Crippen molar-refractivity contribution in [2.24, 2.45) is 0 Å². The van der Waals surface area contributed by atoms with E-state index in [1.165, 1.54) is 5.56 Å². The Balaban J connectivity index is 1.83. The van der Waals surface area contributed by atoms with E-state index in [1.54, 1.807) is 19.2 Å². The fourth-order valence-corrected chi connectivity index (χ4v) is 2.86. The standard InChI is InChI=1S/C17H20N4O2/c1-10-8-11(2)16-12(9-10)13(6-7-23-16)19-15-5-4-14(20-21-15)17(22)18-3/h4-5,8-9,13H,6-7H2,1-3H3,(H,18,22)(H,19,21). The number of nitrogens with zero attached hydrogens (tertiary/aromatic N) is 2. The van der Waals surface area contributed by atoms with Gasteiger partial charge in [0.1, 0.15) is 11.6 Å². The summed E-state index contributed by atoms with van der Waals surface area (Å²) >= 11 is 0. The molecule has 0 saturated carbocycles. The second kappa shape index (κ2) is 6.24. The summed E-state index contributed by atoms with van der Waals surface area (Å²) < 4.78 is 5.81. The minimum Gasteiger partial charge on any atom is -0.493 e. The number of aryl methyl sites for hydroxylation is 2. The number of hydrogen-bond donors (Lipinski definition) is 2. The second-order valence-corrected chi connectivity index (χ2v) is 5.72. The highest BCUT2D eigenvalue weighted by Gasteiger charge is 2.23. The van der Waals surface area contributed by atoms with Crippen LogP contribution in [0, 0.1) is 13.8 Å². The number of amides is 1. The van der Waals surface area contributed by atoms with Crippen LogP contribution in [0.25, 0.3) is 0 Å². The maximum Gasteiger partial charge on any atom is 0.271 e. The van der Waals surface area contributed by atoms with Crippen LogP contribution in [-0.4, -0.2) is 29.8 Å². The second-order valence-electron chi connectivity index (χ2n) is 5.72. The molecule has 1 aromatic carbocycles. The Labute approximate surface area is 135 Å². The first-order chi connectivity index (χ1) is 11.1. The predicted octanol–water partition coefficient (Wildman–Crippen LogP) is 2.39. The third-order valence-corrected chi connectivity index (χ3v) is 3.92. The quantitative estimate of drug-likeness (QED) is 0.910. The molecule has 1 amide bonds. The molecule has 6 nitrogen and oxygen atoms in total. The zero-order chi connectivity index (χ0) is 16.4. The summed E-state index contributed by atoms with van der Waals surface area (Å²) in [7, 11) is 1.57. The first kappa shape index (κ1) is 15.3. The number of hydrogen-bond acceptors (Lipinski definition) is 5. The first-order valence-electron chi connectivity index (χ1n) is 7.65. The van der Waals surface area contributed by atoms with Crippen molar-refractivity contribution < 1.29 is 9.53 Å². The van der Waals surface area contributed by atoms with Gasteiger partial charge in [-0.2, -0.15) is 0 Å². The molecular formula is C17H20N4O2. The Kier molecular flexibility index (Phi) is 4.14. The van der Waals surface area contributed by atoms with E-state index in [-0.39, 0.29) is 11.9 Å². The zero-order valence-electron chi connectivity index (χ0n) is 13.5. The van der Waals surface area contributed by atoms with Crippen molar-refractivity contribution in [2.75, 3.05) is 19.0 Å². The lowest BCUT2D eigenvalue weighted by molar-refractivity contribution is 0.0957. The van der Waals surface area contributed by atoms with Gasteiger partial charge in [0.15, 0.2) is 5.69 Å². The number of carbonyl (C=O) groups excluding carboxylic acids is 1. The topological polar surface area (TPSA) is 76.1 Å². The molecule has 6 heteroatoms. The van der Waals surface area contributed by atoms with Gasteiger partial charge in [-0.05, 0) is 31.5 Å². The van der Waals surface area contributed by atoms with Crippen LogP contribution in [-0.2, 0) is 0 Å². The van der Waals surface area contributed by atoms with Gasteiger partial charge in [-0.25, -0.2) is 0 Å². The number of benzene rings is 1. The Morgan fingerprint density at radius 2 is 2.09 bits per heavy atom. The molecule has 1 aromatic heterocycles. The maximum atomic E-state index is 11.5. The third kappa shape index (κ3) is 3.11. The predicted molar refractivity (Wildman–Crippen MR) is 87.8 cm³/mol. The largest absolute Gasteiger partial charge is 0.493 e. The van der Waals surface area contributed by atoms with Gasteiger partial charge in [0.05, 0.1) is 12.6 Å². The van der Waals surface area contributed by atoms with Crippen LogP contribution >= 0.6 is 0 Å². The highest BCUT2D eigenvalue weighted by Crippen LogP contribution is 2.37. The van der Waals surface area contributed by atoms with Gasteiger partial charge in [-0.15, -0.1) is 10.2 Å². The Bertz CT molecular complexity index is 728. The number of rotatable bonds is 3. The summed E-state index contributed by atoms with van der Waals surface area (Å²) in [6.07, 6.45) is 0.856. The average Bonchev–Trinajstić information content (AvgIpc) is 2.55. The molecule has 23 heavy (non-hydrogen) atoms. The molecule has 2 aromatic rings. The molecule has 0 bridgehead atoms. The van der Waals surface area contributed by atoms with Crippen molar-refractivity contribution in [1.29, 1.82) is 0 Å². The Morgan fingerprint density at radius 3 is 2.78 bits per heavy atom. The minimum atomic E-state index is -0.244. The molecule has 0 spiro atoms. The van der Waals surface area contributed by atoms with Crippen molar-refractivity contribution >= 4 is 11.7 Å². The van der Waals surface area contributed by atoms with Crippen LogP contribution in [0.15, 0.2) is 24.3 Å². The molecule has 0 saturated heterocycles. The first-order valence-corrected chi connectivity index (χ1v) is 7.65. The smallest absolute Gasteiger partial charge is 0.271 e. The number of aromatic nitrogens is 2. The van der Waals surface area contributed by atoms with Crippen LogP contribution in [0.5, 0.6) is 5.75 Å². The van der Waals surface area contributed by atoms with Crippen LogP contribution < -0.4 is 15.4 Å². The van der Waals surface area contributed by atoms with Crippen LogP contribution in [0.1, 0.15) is 39.6 Å². The van der Waals surface area contributed by atoms with E-state index in [0.717, 1.165) is 23.3 Å². The fourth-order valence-electron chi connectivity index (χ4n) is 2.86. The summed E-state index contributed by atoms with van der Waals surface area (Å²) in [5, 5.41) is 14.0. The normalized spacial score (nSPS) is 16.2. The van der Waals surface area contributed by atoms with Gasteiger partial charge < -0.3 is 15.4 Å². The average molecular weight is 312 g/mol. The zero-order valence-corrected chi connectivity index (χ0v) is 13.5. The summed E-state index contributed by atoms with van der Waals surface area (Å²) in [4.78, 5) is 11.5. The van der Waals surface area contributed by atoms with Crippen molar-refractivity contribution in [2.45, 2.75) is 26.3 Å². The highest BCUT2D eigenvalue weighted by molar-refractivity contribution is 5.91. The van der Waals surface area contributed by atoms with Crippen LogP contribution in [0.4, 0.5) is 5.82 Å². The van der Waals surface area contributed by atoms with E-state index in [1.807, 2.05) is 0 Å². The lowest BCUT2D eigenvalue weighted by Gasteiger charge is -2.28. The van der Waals surface area contributed by atoms with Crippen molar-refractivity contribution in [3.05, 3.63) is 46.6 Å². The molecule has 1 atom stereocenters. The van der Waals surface area contributed by atoms with Gasteiger partial charge in [-0.1, -0.05) is 17.7 Å². The Hall–Kier alpha value is -2.63. The molecule has 2 heterocycles. The van der Waals surface area contributed by atoms with E-state index >= 15 is 0 Å². The lowest BCUT2D eigenvalue weighted by atomic mass is 9.96. The molecule has 0 aliphatic carbocycles. The summed E-state index contributed by atoms with van der Waals surface area (Å²) in [5.74, 6) is 1.36. The van der Waals surface area contributed by atoms with E-state index < -0.39 is 0 Å². The van der Waals surface area contributed by atoms with E-state index in [4.69, 9.17) is 4.74 Å². The van der Waals surface area contributed by atoms with E-state index in [2.05, 4.69) is 46.8 Å². The molecule has 1 aliphatic heterocycles. The number of anilines is 1. The fraction of sp³-hybridized carbons (Fsp3) is 0.353. The number of nitrogens with one attached hydrogen (secondary N) is 2. The van der Waals surface area contributed by atoms with Crippen molar-refractivity contribution in [1.82, 2.24) is 15.5 Å². The van der Waals surface area contributed by atoms with Crippen LogP contribution in [0.3, 0.4) is 0 Å². The Morgan fingerprint density at radius 1 is 1.26 bits per heavy atom. The SMILES string of the molecule is CNC(=O)c1ccc(NC2CCOc3c(C)cc(C)cc32)nn1. The summed E-state index contributed by atoms with van der Waals surface area (Å²) in [5.41, 5.74) is 3.80. The molecule has 0 radical (unpaired) electrons. The van der Waals surface area contributed by atoms with E-state index in [9.17, 15) is 4.79 Å². The molecular weight excluding hydrogens is 292 g/mol. The maximum absolute atomic E-state index is 11.5. The number of fused-ring (bicyclic) bond motifs is 1. The molecule has 0 fully saturated rings. The van der Waals surface area contributed by atoms with Gasteiger partial charge in [0.2, 0.25) is 0 Å². The van der Waals surface area contributed by atoms with Crippen LogP contribution in [0.2, 0.25) is 0 Å². The third-order valence-electron chi connectivity index (χ3n) is 3.92. The van der Waals surface area contributed by atoms with Crippen molar-refractivity contribution in [3.63, 3.8) is 0 Å². The molecule has 120 valence electrons. The van der Waals surface area contributed by atoms with Gasteiger partial charge in [-0.3, -0.25) is 4.79 Å². The van der Waals surface area contributed by atoms with E-state index in [0.29, 0.717) is 18.1 Å². The lowest BCUT2D eigenvalue weighted by Crippen LogP contribution is -2.23. The van der Waals surface area contributed by atoms with Gasteiger partial charge in [0.25, 0.3) is 5.91 Å². The molecule has 1 aliphatic rings. The number of ether oxygens (including phenoxy) is 1. The van der Waals surface area contributed by atoms with Gasteiger partial charge >= 0.3 is 0 Å². The monoisotopic (exact) mass is 312 g/mol. The highest BCUT2D eigenvalue weighted by atomic mass is 16.5. The summed E-state index contributed by atoms with van der Waals surface area (Å²) in [6.45, 7) is 4.81. The number of carbonyl (C=O) groups is 1.